The molecule has 3 nitrogen and oxygen atoms in total. The number of rotatable bonds is 3. The quantitative estimate of drug-likeness (QED) is 0.758. The Bertz CT molecular complexity index is 507. The van der Waals surface area contributed by atoms with Gasteiger partial charge in [0.1, 0.15) is 0 Å². The van der Waals surface area contributed by atoms with Crippen LogP contribution in [0.4, 0.5) is 0 Å². The van der Waals surface area contributed by atoms with Crippen molar-refractivity contribution in [3.63, 3.8) is 0 Å². The molecule has 1 aliphatic rings. The summed E-state index contributed by atoms with van der Waals surface area (Å²) in [5.74, 6) is 0.712. The number of nitrogens with zero attached hydrogens (tertiary/aromatic N) is 1. The summed E-state index contributed by atoms with van der Waals surface area (Å²) in [5.41, 5.74) is 1.34. The molecule has 0 spiro atoms. The van der Waals surface area contributed by atoms with E-state index in [-0.39, 0.29) is 5.75 Å². The van der Waals surface area contributed by atoms with E-state index in [0.717, 1.165) is 12.8 Å². The highest BCUT2D eigenvalue weighted by Crippen LogP contribution is 2.29. The van der Waals surface area contributed by atoms with Crippen molar-refractivity contribution in [2.24, 2.45) is 0 Å². The smallest absolute Gasteiger partial charge is 0.212 e. The minimum absolute atomic E-state index is 0.209. The van der Waals surface area contributed by atoms with Crippen LogP contribution in [0.1, 0.15) is 31.2 Å². The average molecular weight is 379 g/mol. The molecule has 0 saturated carbocycles. The van der Waals surface area contributed by atoms with Crippen LogP contribution < -0.4 is 0 Å². The zero-order valence-corrected chi connectivity index (χ0v) is 13.4. The maximum Gasteiger partial charge on any atom is 0.213 e. The molecule has 1 saturated heterocycles. The van der Waals surface area contributed by atoms with Crippen molar-refractivity contribution < 1.29 is 8.42 Å². The van der Waals surface area contributed by atoms with Crippen LogP contribution in [0.25, 0.3) is 0 Å². The van der Waals surface area contributed by atoms with Crippen LogP contribution in [-0.2, 0) is 10.0 Å². The number of piperidine rings is 1. The van der Waals surface area contributed by atoms with Crippen molar-refractivity contribution in [3.05, 3.63) is 33.4 Å². The first-order valence-electron chi connectivity index (χ1n) is 6.26. The minimum Gasteiger partial charge on any atom is -0.212 e. The molecule has 18 heavy (non-hydrogen) atoms. The lowest BCUT2D eigenvalue weighted by atomic mass is 9.90. The molecule has 1 fully saturated rings. The van der Waals surface area contributed by atoms with Gasteiger partial charge in [0.15, 0.2) is 0 Å². The summed E-state index contributed by atoms with van der Waals surface area (Å²) < 4.78 is 26.4. The molecule has 2 rings (SSSR count). The molecule has 1 aromatic rings. The van der Waals surface area contributed by atoms with Crippen LogP contribution in [0.5, 0.6) is 0 Å². The molecular weight excluding hydrogens is 361 g/mol. The third-order valence-electron chi connectivity index (χ3n) is 3.53. The fraction of sp³-hybridized carbons (Fsp3) is 0.538. The number of sulfonamides is 1. The molecule has 0 bridgehead atoms. The van der Waals surface area contributed by atoms with E-state index in [1.807, 2.05) is 0 Å². The Hall–Kier alpha value is -0.140. The second-order valence-electron chi connectivity index (χ2n) is 4.63. The molecule has 0 aromatic heterocycles. The largest absolute Gasteiger partial charge is 0.213 e. The number of benzene rings is 1. The summed E-state index contributed by atoms with van der Waals surface area (Å²) in [6.07, 6.45) is 1.86. The SMILES string of the molecule is CCS(=O)(=O)N1CCC(c2cccc(I)c2)CC1. The third-order valence-corrected chi connectivity index (χ3v) is 6.08. The molecule has 0 unspecified atom stereocenters. The van der Waals surface area contributed by atoms with Crippen molar-refractivity contribution in [2.75, 3.05) is 18.8 Å². The summed E-state index contributed by atoms with van der Waals surface area (Å²) in [4.78, 5) is 0. The second kappa shape index (κ2) is 5.88. The summed E-state index contributed by atoms with van der Waals surface area (Å²) in [6, 6.07) is 8.51. The Balaban J connectivity index is 2.03. The predicted octanol–water partition coefficient (Wildman–Crippen LogP) is 2.82. The number of halogens is 1. The molecule has 0 amide bonds. The van der Waals surface area contributed by atoms with Crippen LogP contribution in [-0.4, -0.2) is 31.6 Å². The van der Waals surface area contributed by atoms with Crippen LogP contribution in [0.2, 0.25) is 0 Å². The van der Waals surface area contributed by atoms with Gasteiger partial charge in [-0.25, -0.2) is 12.7 Å². The first-order valence-corrected chi connectivity index (χ1v) is 8.95. The maximum absolute atomic E-state index is 11.8. The van der Waals surface area contributed by atoms with Crippen molar-refractivity contribution in [2.45, 2.75) is 25.7 Å². The van der Waals surface area contributed by atoms with Gasteiger partial charge in [-0.3, -0.25) is 0 Å². The molecule has 1 heterocycles. The molecule has 0 atom stereocenters. The van der Waals surface area contributed by atoms with E-state index in [9.17, 15) is 8.42 Å². The van der Waals surface area contributed by atoms with Gasteiger partial charge in [0, 0.05) is 16.7 Å². The molecule has 0 N–H and O–H groups in total. The van der Waals surface area contributed by atoms with Gasteiger partial charge in [-0.05, 0) is 66.0 Å². The van der Waals surface area contributed by atoms with Crippen LogP contribution in [0, 0.1) is 3.57 Å². The highest BCUT2D eigenvalue weighted by atomic mass is 127. The van der Waals surface area contributed by atoms with E-state index in [1.165, 1.54) is 9.13 Å². The van der Waals surface area contributed by atoms with Gasteiger partial charge in [0.05, 0.1) is 5.75 Å². The molecule has 0 radical (unpaired) electrons. The first-order chi connectivity index (χ1) is 8.53. The normalized spacial score (nSPS) is 19.0. The van der Waals surface area contributed by atoms with Crippen molar-refractivity contribution >= 4 is 32.6 Å². The highest BCUT2D eigenvalue weighted by Gasteiger charge is 2.27. The van der Waals surface area contributed by atoms with E-state index in [1.54, 1.807) is 11.2 Å². The Morgan fingerprint density at radius 2 is 2.00 bits per heavy atom. The Labute approximate surface area is 123 Å². The Kier molecular flexibility index (Phi) is 4.66. The van der Waals surface area contributed by atoms with Gasteiger partial charge in [0.25, 0.3) is 0 Å². The van der Waals surface area contributed by atoms with E-state index < -0.39 is 10.0 Å². The highest BCUT2D eigenvalue weighted by molar-refractivity contribution is 14.1. The van der Waals surface area contributed by atoms with E-state index >= 15 is 0 Å². The van der Waals surface area contributed by atoms with Crippen molar-refractivity contribution in [3.8, 4) is 0 Å². The molecule has 1 aliphatic heterocycles. The summed E-state index contributed by atoms with van der Waals surface area (Å²) >= 11 is 2.32. The molecule has 1 aromatic carbocycles. The second-order valence-corrected chi connectivity index (χ2v) is 8.13. The van der Waals surface area contributed by atoms with E-state index in [0.29, 0.717) is 19.0 Å². The van der Waals surface area contributed by atoms with Crippen molar-refractivity contribution in [1.29, 1.82) is 0 Å². The minimum atomic E-state index is -3.00. The predicted molar refractivity (Wildman–Crippen MR) is 82.2 cm³/mol. The fourth-order valence-corrected chi connectivity index (χ4v) is 4.11. The van der Waals surface area contributed by atoms with Crippen LogP contribution in [0.3, 0.4) is 0 Å². The van der Waals surface area contributed by atoms with Gasteiger partial charge in [-0.1, -0.05) is 12.1 Å². The zero-order chi connectivity index (χ0) is 13.2. The van der Waals surface area contributed by atoms with Gasteiger partial charge in [0.2, 0.25) is 10.0 Å². The number of hydrogen-bond donors (Lipinski definition) is 0. The molecular formula is C13H18INO2S. The monoisotopic (exact) mass is 379 g/mol. The lowest BCUT2D eigenvalue weighted by molar-refractivity contribution is 0.320. The van der Waals surface area contributed by atoms with Crippen LogP contribution >= 0.6 is 22.6 Å². The molecule has 5 heteroatoms. The Morgan fingerprint density at radius 1 is 1.33 bits per heavy atom. The lowest BCUT2D eigenvalue weighted by Gasteiger charge is -2.31. The standard InChI is InChI=1S/C13H18INO2S/c1-2-18(16,17)15-8-6-11(7-9-15)12-4-3-5-13(14)10-12/h3-5,10-11H,2,6-9H2,1H3. The molecule has 100 valence electrons. The van der Waals surface area contributed by atoms with Crippen LogP contribution in [0.15, 0.2) is 24.3 Å². The van der Waals surface area contributed by atoms with Gasteiger partial charge in [-0.15, -0.1) is 0 Å². The van der Waals surface area contributed by atoms with E-state index in [2.05, 4.69) is 46.9 Å². The molecule has 0 aliphatic carbocycles. The lowest BCUT2D eigenvalue weighted by Crippen LogP contribution is -2.38. The first kappa shape index (κ1) is 14.3. The topological polar surface area (TPSA) is 37.4 Å². The summed E-state index contributed by atoms with van der Waals surface area (Å²) in [7, 11) is -3.00. The van der Waals surface area contributed by atoms with Gasteiger partial charge >= 0.3 is 0 Å². The third kappa shape index (κ3) is 3.24. The zero-order valence-electron chi connectivity index (χ0n) is 10.5. The average Bonchev–Trinajstić information content (AvgIpc) is 2.39. The summed E-state index contributed by atoms with van der Waals surface area (Å²) in [6.45, 7) is 3.03. The van der Waals surface area contributed by atoms with E-state index in [4.69, 9.17) is 0 Å². The number of hydrogen-bond acceptors (Lipinski definition) is 2. The maximum atomic E-state index is 11.8. The van der Waals surface area contributed by atoms with Gasteiger partial charge in [-0.2, -0.15) is 0 Å². The summed E-state index contributed by atoms with van der Waals surface area (Å²) in [5, 5.41) is 0. The van der Waals surface area contributed by atoms with Gasteiger partial charge < -0.3 is 0 Å². The van der Waals surface area contributed by atoms with Crippen molar-refractivity contribution in [1.82, 2.24) is 4.31 Å². The Morgan fingerprint density at radius 3 is 2.56 bits per heavy atom. The fourth-order valence-electron chi connectivity index (χ4n) is 2.41.